The molecule has 0 bridgehead atoms. The van der Waals surface area contributed by atoms with Gasteiger partial charge in [0.15, 0.2) is 11.3 Å². The Bertz CT molecular complexity index is 1220. The summed E-state index contributed by atoms with van der Waals surface area (Å²) in [5.41, 5.74) is 1.37. The molecule has 1 saturated heterocycles. The van der Waals surface area contributed by atoms with Crippen molar-refractivity contribution in [3.8, 4) is 5.75 Å². The summed E-state index contributed by atoms with van der Waals surface area (Å²) in [4.78, 5) is 30.1. The summed E-state index contributed by atoms with van der Waals surface area (Å²) in [5.74, 6) is -2.46. The first-order valence-corrected chi connectivity index (χ1v) is 9.86. The number of hydrogen-bond acceptors (Lipinski definition) is 6. The highest BCUT2D eigenvalue weighted by molar-refractivity contribution is 5.97. The molecule has 0 spiro atoms. The maximum absolute atomic E-state index is 13.9. The Kier molecular flexibility index (Phi) is 5.71. The minimum atomic E-state index is -1.51. The Labute approximate surface area is 177 Å². The van der Waals surface area contributed by atoms with Gasteiger partial charge in [-0.05, 0) is 41.3 Å². The lowest BCUT2D eigenvalue weighted by molar-refractivity contribution is 0.0340. The van der Waals surface area contributed by atoms with E-state index in [1.54, 1.807) is 12.1 Å². The molecule has 1 aliphatic rings. The average Bonchev–Trinajstić information content (AvgIpc) is 2.74. The van der Waals surface area contributed by atoms with Gasteiger partial charge >= 0.3 is 5.97 Å². The second kappa shape index (κ2) is 8.44. The fourth-order valence-corrected chi connectivity index (χ4v) is 3.85. The van der Waals surface area contributed by atoms with E-state index < -0.39 is 22.8 Å². The van der Waals surface area contributed by atoms with Crippen molar-refractivity contribution in [2.24, 2.45) is 7.05 Å². The lowest BCUT2D eigenvalue weighted by Crippen LogP contribution is -2.35. The summed E-state index contributed by atoms with van der Waals surface area (Å²) in [6.45, 7) is 3.45. The fraction of sp³-hybridized carbons (Fsp3) is 0.318. The molecule has 0 atom stereocenters. The number of aromatic hydroxyl groups is 1. The number of hydrogen-bond donors (Lipinski definition) is 2. The van der Waals surface area contributed by atoms with Gasteiger partial charge < -0.3 is 19.5 Å². The summed E-state index contributed by atoms with van der Waals surface area (Å²) in [6.07, 6.45) is 1.97. The standard InChI is InChI=1S/C22H22FN3O5/c1-25-17-9-13(11-24-19(17)20(27)18(21(25)28)22(29)30)8-14-2-3-16(23)10-15(14)12-26-4-6-31-7-5-26/h2-3,9-11,27H,4-8,12H2,1H3,(H,29,30). The maximum Gasteiger partial charge on any atom is 0.345 e. The highest BCUT2D eigenvalue weighted by atomic mass is 19.1. The molecule has 1 aromatic carbocycles. The highest BCUT2D eigenvalue weighted by Crippen LogP contribution is 2.26. The van der Waals surface area contributed by atoms with Gasteiger partial charge in [0.05, 0.1) is 18.7 Å². The number of ether oxygens (including phenoxy) is 1. The minimum absolute atomic E-state index is 0.0379. The molecule has 2 aromatic heterocycles. The van der Waals surface area contributed by atoms with Crippen molar-refractivity contribution in [1.82, 2.24) is 14.5 Å². The van der Waals surface area contributed by atoms with Crippen molar-refractivity contribution in [2.75, 3.05) is 26.3 Å². The normalized spacial score (nSPS) is 14.8. The minimum Gasteiger partial charge on any atom is -0.505 e. The van der Waals surface area contributed by atoms with Crippen LogP contribution in [0.5, 0.6) is 5.75 Å². The molecule has 1 aliphatic heterocycles. The van der Waals surface area contributed by atoms with Crippen LogP contribution >= 0.6 is 0 Å². The van der Waals surface area contributed by atoms with Crippen molar-refractivity contribution in [2.45, 2.75) is 13.0 Å². The van der Waals surface area contributed by atoms with Crippen LogP contribution < -0.4 is 5.56 Å². The van der Waals surface area contributed by atoms with Crippen LogP contribution in [0, 0.1) is 5.82 Å². The molecular formula is C22H22FN3O5. The largest absolute Gasteiger partial charge is 0.505 e. The van der Waals surface area contributed by atoms with Gasteiger partial charge in [0, 0.05) is 32.9 Å². The average molecular weight is 427 g/mol. The van der Waals surface area contributed by atoms with E-state index in [-0.39, 0.29) is 11.3 Å². The summed E-state index contributed by atoms with van der Waals surface area (Å²) < 4.78 is 20.5. The van der Waals surface area contributed by atoms with E-state index in [2.05, 4.69) is 9.88 Å². The Balaban J connectivity index is 1.71. The second-order valence-corrected chi connectivity index (χ2v) is 7.58. The zero-order chi connectivity index (χ0) is 22.1. The summed E-state index contributed by atoms with van der Waals surface area (Å²) in [6, 6.07) is 6.36. The maximum atomic E-state index is 13.9. The Morgan fingerprint density at radius 3 is 2.68 bits per heavy atom. The number of pyridine rings is 2. The van der Waals surface area contributed by atoms with Gasteiger partial charge in [-0.25, -0.2) is 9.18 Å². The number of fused-ring (bicyclic) bond motifs is 1. The number of aromatic carboxylic acids is 1. The summed E-state index contributed by atoms with van der Waals surface area (Å²) in [5, 5.41) is 19.5. The van der Waals surface area contributed by atoms with Crippen molar-refractivity contribution in [3.63, 3.8) is 0 Å². The number of benzene rings is 1. The van der Waals surface area contributed by atoms with E-state index in [9.17, 15) is 24.2 Å². The third kappa shape index (κ3) is 4.14. The quantitative estimate of drug-likeness (QED) is 0.641. The molecule has 31 heavy (non-hydrogen) atoms. The van der Waals surface area contributed by atoms with Crippen molar-refractivity contribution in [1.29, 1.82) is 0 Å². The number of rotatable bonds is 5. The molecule has 1 fully saturated rings. The monoisotopic (exact) mass is 427 g/mol. The number of carbonyl (C=O) groups is 1. The highest BCUT2D eigenvalue weighted by Gasteiger charge is 2.22. The van der Waals surface area contributed by atoms with Gasteiger partial charge in [-0.15, -0.1) is 0 Å². The van der Waals surface area contributed by atoms with Gasteiger partial charge in [0.2, 0.25) is 0 Å². The third-order valence-corrected chi connectivity index (χ3v) is 5.54. The fourth-order valence-electron chi connectivity index (χ4n) is 3.85. The lowest BCUT2D eigenvalue weighted by Gasteiger charge is -2.27. The first-order chi connectivity index (χ1) is 14.8. The number of carboxylic acid groups (broad SMARTS) is 1. The zero-order valence-electron chi connectivity index (χ0n) is 17.0. The van der Waals surface area contributed by atoms with Crippen molar-refractivity contribution >= 4 is 17.0 Å². The molecule has 0 amide bonds. The SMILES string of the molecule is Cn1c(=O)c(C(=O)O)c(O)c2ncc(Cc3ccc(F)cc3CN3CCOCC3)cc21. The van der Waals surface area contributed by atoms with Gasteiger partial charge in [-0.2, -0.15) is 0 Å². The molecule has 2 N–H and O–H groups in total. The van der Waals surface area contributed by atoms with Crippen LogP contribution in [0.3, 0.4) is 0 Å². The zero-order valence-corrected chi connectivity index (χ0v) is 17.0. The van der Waals surface area contributed by atoms with Gasteiger partial charge in [-0.3, -0.25) is 14.7 Å². The van der Waals surface area contributed by atoms with E-state index in [4.69, 9.17) is 4.74 Å². The molecule has 8 nitrogen and oxygen atoms in total. The number of morpholine rings is 1. The summed E-state index contributed by atoms with van der Waals surface area (Å²) in [7, 11) is 1.43. The first-order valence-electron chi connectivity index (χ1n) is 9.86. The molecule has 162 valence electrons. The smallest absolute Gasteiger partial charge is 0.345 e. The van der Waals surface area contributed by atoms with Crippen molar-refractivity contribution in [3.05, 3.63) is 68.9 Å². The van der Waals surface area contributed by atoms with Crippen LogP contribution in [0.2, 0.25) is 0 Å². The summed E-state index contributed by atoms with van der Waals surface area (Å²) >= 11 is 0. The van der Waals surface area contributed by atoms with E-state index >= 15 is 0 Å². The predicted octanol–water partition coefficient (Wildman–Crippen LogP) is 1.90. The van der Waals surface area contributed by atoms with Crippen LogP contribution in [-0.2, 0) is 24.8 Å². The van der Waals surface area contributed by atoms with Gasteiger partial charge in [-0.1, -0.05) is 6.07 Å². The molecule has 0 aliphatic carbocycles. The number of carboxylic acids is 1. The van der Waals surface area contributed by atoms with Crippen LogP contribution in [0.1, 0.15) is 27.0 Å². The number of aromatic nitrogens is 2. The topological polar surface area (TPSA) is 105 Å². The second-order valence-electron chi connectivity index (χ2n) is 7.58. The molecule has 0 radical (unpaired) electrons. The molecule has 9 heteroatoms. The molecule has 3 aromatic rings. The van der Waals surface area contributed by atoms with Crippen LogP contribution in [0.4, 0.5) is 4.39 Å². The number of nitrogens with zero attached hydrogens (tertiary/aromatic N) is 3. The van der Waals surface area contributed by atoms with Crippen LogP contribution in [0.25, 0.3) is 11.0 Å². The predicted molar refractivity (Wildman–Crippen MR) is 111 cm³/mol. The van der Waals surface area contributed by atoms with E-state index in [0.29, 0.717) is 31.7 Å². The molecule has 0 saturated carbocycles. The number of aryl methyl sites for hydroxylation is 1. The molecule has 3 heterocycles. The first kappa shape index (κ1) is 21.0. The van der Waals surface area contributed by atoms with Gasteiger partial charge in [0.1, 0.15) is 11.3 Å². The Morgan fingerprint density at radius 1 is 1.23 bits per heavy atom. The van der Waals surface area contributed by atoms with Crippen LogP contribution in [0.15, 0.2) is 35.3 Å². The van der Waals surface area contributed by atoms with Crippen LogP contribution in [-0.4, -0.2) is 56.9 Å². The molecule has 4 rings (SSSR count). The third-order valence-electron chi connectivity index (χ3n) is 5.54. The lowest BCUT2D eigenvalue weighted by atomic mass is 9.99. The van der Waals surface area contributed by atoms with E-state index in [0.717, 1.165) is 34.3 Å². The Hall–Kier alpha value is -3.30. The van der Waals surface area contributed by atoms with E-state index in [1.165, 1.54) is 25.4 Å². The van der Waals surface area contributed by atoms with E-state index in [1.807, 2.05) is 0 Å². The van der Waals surface area contributed by atoms with Gasteiger partial charge in [0.25, 0.3) is 5.56 Å². The molecular weight excluding hydrogens is 405 g/mol. The Morgan fingerprint density at radius 2 is 1.97 bits per heavy atom. The molecule has 0 unspecified atom stereocenters. The van der Waals surface area contributed by atoms with Crippen molar-refractivity contribution < 1.29 is 24.1 Å². The number of halogens is 1.